The second-order valence-electron chi connectivity index (χ2n) is 6.95. The molecule has 5 heteroatoms. The molecule has 1 amide bonds. The van der Waals surface area contributed by atoms with Gasteiger partial charge >= 0.3 is 0 Å². The number of ether oxygens (including phenoxy) is 1. The molecule has 0 fully saturated rings. The topological polar surface area (TPSA) is 67.0 Å². The minimum atomic E-state index is 0.0789. The summed E-state index contributed by atoms with van der Waals surface area (Å²) in [4.78, 5) is 19.7. The van der Waals surface area contributed by atoms with Gasteiger partial charge in [-0.05, 0) is 47.4 Å². The summed E-state index contributed by atoms with van der Waals surface area (Å²) in [6.07, 6.45) is 2.37. The highest BCUT2D eigenvalue weighted by molar-refractivity contribution is 5.76. The van der Waals surface area contributed by atoms with Crippen molar-refractivity contribution in [2.24, 2.45) is 5.92 Å². The molecule has 0 aliphatic rings. The van der Waals surface area contributed by atoms with E-state index in [1.54, 1.807) is 7.11 Å². The van der Waals surface area contributed by atoms with Crippen LogP contribution in [0.3, 0.4) is 0 Å². The van der Waals surface area contributed by atoms with E-state index in [2.05, 4.69) is 15.3 Å². The molecule has 27 heavy (non-hydrogen) atoms. The lowest BCUT2D eigenvalue weighted by Gasteiger charge is -2.08. The summed E-state index contributed by atoms with van der Waals surface area (Å²) >= 11 is 0. The maximum Gasteiger partial charge on any atom is 0.220 e. The third-order valence-corrected chi connectivity index (χ3v) is 4.26. The Kier molecular flexibility index (Phi) is 5.91. The first-order chi connectivity index (χ1) is 13.0. The van der Waals surface area contributed by atoms with Gasteiger partial charge in [0.25, 0.3) is 0 Å². The van der Waals surface area contributed by atoms with E-state index in [4.69, 9.17) is 4.74 Å². The van der Waals surface area contributed by atoms with E-state index >= 15 is 0 Å². The van der Waals surface area contributed by atoms with Gasteiger partial charge in [-0.3, -0.25) is 4.79 Å². The van der Waals surface area contributed by atoms with Crippen molar-refractivity contribution in [1.29, 1.82) is 0 Å². The molecular weight excluding hydrogens is 338 g/mol. The van der Waals surface area contributed by atoms with Gasteiger partial charge in [0, 0.05) is 18.5 Å². The Balaban J connectivity index is 1.71. The summed E-state index contributed by atoms with van der Waals surface area (Å²) < 4.78 is 5.20. The fraction of sp³-hybridized carbons (Fsp3) is 0.273. The van der Waals surface area contributed by atoms with Crippen molar-refractivity contribution in [2.75, 3.05) is 7.11 Å². The molecular formula is C22H25N3O2. The minimum absolute atomic E-state index is 0.0789. The van der Waals surface area contributed by atoms with Gasteiger partial charge in [-0.2, -0.15) is 0 Å². The lowest BCUT2D eigenvalue weighted by molar-refractivity contribution is -0.121. The number of aromatic nitrogens is 2. The Morgan fingerprint density at radius 2 is 1.93 bits per heavy atom. The molecule has 0 bridgehead atoms. The molecule has 0 spiro atoms. The van der Waals surface area contributed by atoms with E-state index < -0.39 is 0 Å². The fourth-order valence-electron chi connectivity index (χ4n) is 2.86. The second kappa shape index (κ2) is 8.54. The lowest BCUT2D eigenvalue weighted by atomic mass is 10.1. The highest BCUT2D eigenvalue weighted by Gasteiger charge is 2.08. The van der Waals surface area contributed by atoms with E-state index in [0.717, 1.165) is 34.0 Å². The predicted octanol–water partition coefficient (Wildman–Crippen LogP) is 4.41. The lowest BCUT2D eigenvalue weighted by Crippen LogP contribution is -2.23. The summed E-state index contributed by atoms with van der Waals surface area (Å²) in [7, 11) is 1.65. The van der Waals surface area contributed by atoms with E-state index in [1.165, 1.54) is 0 Å². The zero-order chi connectivity index (χ0) is 19.2. The van der Waals surface area contributed by atoms with Gasteiger partial charge in [0.05, 0.1) is 19.0 Å². The van der Waals surface area contributed by atoms with E-state index in [1.807, 2.05) is 68.6 Å². The van der Waals surface area contributed by atoms with Crippen molar-refractivity contribution in [3.05, 3.63) is 60.3 Å². The highest BCUT2D eigenvalue weighted by Crippen LogP contribution is 2.24. The Bertz CT molecular complexity index is 898. The molecule has 5 nitrogen and oxygen atoms in total. The Morgan fingerprint density at radius 3 is 2.63 bits per heavy atom. The number of H-pyrrole nitrogens is 1. The van der Waals surface area contributed by atoms with Crippen LogP contribution in [-0.4, -0.2) is 23.0 Å². The van der Waals surface area contributed by atoms with Crippen LogP contribution in [0.5, 0.6) is 5.75 Å². The third kappa shape index (κ3) is 4.97. The number of rotatable bonds is 7. The molecule has 0 saturated carbocycles. The van der Waals surface area contributed by atoms with Gasteiger partial charge in [0.15, 0.2) is 0 Å². The Morgan fingerprint density at radius 1 is 1.15 bits per heavy atom. The summed E-state index contributed by atoms with van der Waals surface area (Å²) in [6, 6.07) is 15.9. The van der Waals surface area contributed by atoms with Crippen LogP contribution >= 0.6 is 0 Å². The molecule has 3 aromatic rings. The standard InChI is InChI=1S/C22H25N3O2/c1-15(2)11-21(26)23-13-16-5-4-6-18(12-16)22-24-14-20(25-22)17-7-9-19(27-3)10-8-17/h4-10,12,14-15H,11,13H2,1-3H3,(H,23,26)(H,24,25). The second-order valence-corrected chi connectivity index (χ2v) is 6.95. The van der Waals surface area contributed by atoms with Crippen LogP contribution < -0.4 is 10.1 Å². The van der Waals surface area contributed by atoms with Crippen LogP contribution in [0.2, 0.25) is 0 Å². The molecule has 1 heterocycles. The monoisotopic (exact) mass is 363 g/mol. The molecule has 140 valence electrons. The summed E-state index contributed by atoms with van der Waals surface area (Å²) in [5, 5.41) is 2.97. The van der Waals surface area contributed by atoms with Crippen molar-refractivity contribution >= 4 is 5.91 Å². The smallest absolute Gasteiger partial charge is 0.220 e. The number of methoxy groups -OCH3 is 1. The van der Waals surface area contributed by atoms with Gasteiger partial charge in [-0.25, -0.2) is 4.98 Å². The van der Waals surface area contributed by atoms with Gasteiger partial charge in [-0.1, -0.05) is 32.0 Å². The average molecular weight is 363 g/mol. The van der Waals surface area contributed by atoms with E-state index in [0.29, 0.717) is 18.9 Å². The highest BCUT2D eigenvalue weighted by atomic mass is 16.5. The largest absolute Gasteiger partial charge is 0.497 e. The number of carbonyl (C=O) groups excluding carboxylic acids is 1. The maximum absolute atomic E-state index is 11.8. The molecule has 0 radical (unpaired) electrons. The summed E-state index contributed by atoms with van der Waals surface area (Å²) in [5.74, 6) is 2.06. The predicted molar refractivity (Wildman–Crippen MR) is 107 cm³/mol. The third-order valence-electron chi connectivity index (χ3n) is 4.26. The van der Waals surface area contributed by atoms with Crippen molar-refractivity contribution < 1.29 is 9.53 Å². The zero-order valence-electron chi connectivity index (χ0n) is 16.0. The van der Waals surface area contributed by atoms with Crippen LogP contribution in [0, 0.1) is 5.92 Å². The number of hydrogen-bond donors (Lipinski definition) is 2. The van der Waals surface area contributed by atoms with E-state index in [-0.39, 0.29) is 5.91 Å². The fourth-order valence-corrected chi connectivity index (χ4v) is 2.86. The number of aromatic amines is 1. The van der Waals surface area contributed by atoms with Gasteiger partial charge < -0.3 is 15.0 Å². The van der Waals surface area contributed by atoms with Crippen LogP contribution in [0.4, 0.5) is 0 Å². The number of amides is 1. The molecule has 0 aliphatic heterocycles. The van der Waals surface area contributed by atoms with Gasteiger partial charge in [-0.15, -0.1) is 0 Å². The number of benzene rings is 2. The molecule has 0 unspecified atom stereocenters. The van der Waals surface area contributed by atoms with Crippen molar-refractivity contribution in [1.82, 2.24) is 15.3 Å². The van der Waals surface area contributed by atoms with Crippen molar-refractivity contribution in [3.8, 4) is 28.4 Å². The van der Waals surface area contributed by atoms with Crippen molar-refractivity contribution in [3.63, 3.8) is 0 Å². The maximum atomic E-state index is 11.8. The Hall–Kier alpha value is -3.08. The molecule has 1 aromatic heterocycles. The average Bonchev–Trinajstić information content (AvgIpc) is 3.16. The summed E-state index contributed by atoms with van der Waals surface area (Å²) in [5.41, 5.74) is 4.03. The first-order valence-corrected chi connectivity index (χ1v) is 9.10. The zero-order valence-corrected chi connectivity index (χ0v) is 16.0. The molecule has 2 N–H and O–H groups in total. The van der Waals surface area contributed by atoms with Crippen LogP contribution in [0.25, 0.3) is 22.6 Å². The van der Waals surface area contributed by atoms with Crippen molar-refractivity contribution in [2.45, 2.75) is 26.8 Å². The van der Waals surface area contributed by atoms with Gasteiger partial charge in [0.2, 0.25) is 5.91 Å². The Labute approximate surface area is 159 Å². The first-order valence-electron chi connectivity index (χ1n) is 9.10. The number of imidazole rings is 1. The molecule has 0 saturated heterocycles. The quantitative estimate of drug-likeness (QED) is 0.653. The number of carbonyl (C=O) groups is 1. The number of nitrogens with zero attached hydrogens (tertiary/aromatic N) is 1. The molecule has 2 aromatic carbocycles. The molecule has 0 aliphatic carbocycles. The van der Waals surface area contributed by atoms with E-state index in [9.17, 15) is 4.79 Å². The van der Waals surface area contributed by atoms with Gasteiger partial charge in [0.1, 0.15) is 11.6 Å². The first kappa shape index (κ1) is 18.7. The molecule has 0 atom stereocenters. The summed E-state index contributed by atoms with van der Waals surface area (Å²) in [6.45, 7) is 4.60. The van der Waals surface area contributed by atoms with Crippen LogP contribution in [0.15, 0.2) is 54.7 Å². The van der Waals surface area contributed by atoms with Crippen LogP contribution in [0.1, 0.15) is 25.8 Å². The number of hydrogen-bond acceptors (Lipinski definition) is 3. The number of nitrogens with one attached hydrogen (secondary N) is 2. The molecule has 3 rings (SSSR count). The minimum Gasteiger partial charge on any atom is -0.497 e. The SMILES string of the molecule is COc1ccc(-c2cnc(-c3cccc(CNC(=O)CC(C)C)c3)[nH]2)cc1. The normalized spacial score (nSPS) is 10.8. The van der Waals surface area contributed by atoms with Crippen LogP contribution in [-0.2, 0) is 11.3 Å².